The summed E-state index contributed by atoms with van der Waals surface area (Å²) >= 11 is 1.18. The van der Waals surface area contributed by atoms with Gasteiger partial charge < -0.3 is 30.7 Å². The number of nitrogen functional groups attached to an aromatic ring is 1. The summed E-state index contributed by atoms with van der Waals surface area (Å²) in [7, 11) is 0. The van der Waals surface area contributed by atoms with Crippen LogP contribution in [0.5, 0.6) is 5.75 Å². The average molecular weight is 717 g/mol. The van der Waals surface area contributed by atoms with Crippen molar-refractivity contribution >= 4 is 47.0 Å². The molecular formula is C27H27F7N4O9S. The Balaban J connectivity index is 0.000000687. The highest BCUT2D eigenvalue weighted by atomic mass is 32.1. The van der Waals surface area contributed by atoms with E-state index in [4.69, 9.17) is 40.8 Å². The van der Waals surface area contributed by atoms with Crippen LogP contribution in [-0.4, -0.2) is 98.8 Å². The van der Waals surface area contributed by atoms with Gasteiger partial charge in [-0.2, -0.15) is 26.3 Å². The number of nitrogens with two attached hydrogens (primary N) is 1. The zero-order valence-corrected chi connectivity index (χ0v) is 25.1. The van der Waals surface area contributed by atoms with Crippen LogP contribution >= 0.6 is 11.3 Å². The van der Waals surface area contributed by atoms with Gasteiger partial charge in [-0.05, 0) is 49.7 Å². The number of halogens is 7. The molecule has 1 fully saturated rings. The number of hydrogen-bond donors (Lipinski definition) is 5. The number of benzene rings is 1. The molecule has 48 heavy (non-hydrogen) atoms. The Bertz CT molecular complexity index is 1490. The number of hydrogen-bond acceptors (Lipinski definition) is 9. The zero-order chi connectivity index (χ0) is 37.0. The summed E-state index contributed by atoms with van der Waals surface area (Å²) < 4.78 is 82.8. The van der Waals surface area contributed by atoms with Crippen LogP contribution < -0.4 is 10.5 Å². The number of carboxylic acid groups (broad SMARTS) is 3. The number of carbonyl (C=O) groups is 5. The number of amidine groups is 1. The molecule has 2 heterocycles. The molecule has 1 aliphatic heterocycles. The van der Waals surface area contributed by atoms with Gasteiger partial charge in [0.15, 0.2) is 11.6 Å². The minimum Gasteiger partial charge on any atom is -0.480 e. The molecule has 0 unspecified atom stereocenters. The standard InChI is InChI=1S/C23H25FN4O5S.2C2HF3O2/c1-2-9-28(13-20(29)30)22(31)17-4-3-10-27(17)12-15-6-8-19(34-15)23(32)33-18-7-5-14(21(25)26)11-16(18)24;2*3-2(4,5)1(6)7/h2,5-8,11,17H,1,3-4,9-10,12-13H2,(H3,25,26)(H,29,30);2*(H,6,7)/t17-;;/m0../s1. The molecule has 6 N–H and O–H groups in total. The lowest BCUT2D eigenvalue weighted by atomic mass is 10.2. The van der Waals surface area contributed by atoms with Crippen LogP contribution in [0.25, 0.3) is 0 Å². The number of alkyl halides is 6. The first-order valence-electron chi connectivity index (χ1n) is 13.0. The van der Waals surface area contributed by atoms with Gasteiger partial charge in [-0.15, -0.1) is 17.9 Å². The molecule has 21 heteroatoms. The number of rotatable bonds is 10. The molecule has 1 aliphatic rings. The number of aliphatic carboxylic acids is 3. The minimum atomic E-state index is -5.08. The SMILES string of the molecule is C=CCN(CC(=O)O)C(=O)[C@@H]1CCCN1Cc1ccc(C(=O)Oc2ccc(C(=N)N)cc2F)s1.O=C(O)C(F)(F)F.O=C(O)C(F)(F)F. The summed E-state index contributed by atoms with van der Waals surface area (Å²) in [6.45, 7) is 4.41. The zero-order valence-electron chi connectivity index (χ0n) is 24.3. The summed E-state index contributed by atoms with van der Waals surface area (Å²) in [4.78, 5) is 58.6. The molecular weight excluding hydrogens is 689 g/mol. The minimum absolute atomic E-state index is 0.147. The van der Waals surface area contributed by atoms with E-state index in [1.807, 2.05) is 4.90 Å². The fourth-order valence-electron chi connectivity index (χ4n) is 3.73. The first-order chi connectivity index (χ1) is 22.1. The molecule has 1 aromatic heterocycles. The number of ether oxygens (including phenoxy) is 1. The van der Waals surface area contributed by atoms with Gasteiger partial charge in [0.05, 0.1) is 6.04 Å². The normalized spacial score (nSPS) is 14.4. The molecule has 1 saturated heterocycles. The maximum absolute atomic E-state index is 14.2. The summed E-state index contributed by atoms with van der Waals surface area (Å²) in [6, 6.07) is 6.52. The number of likely N-dealkylation sites (tertiary alicyclic amines) is 1. The molecule has 1 aromatic carbocycles. The van der Waals surface area contributed by atoms with Crippen LogP contribution in [0.15, 0.2) is 43.0 Å². The van der Waals surface area contributed by atoms with Crippen molar-refractivity contribution in [3.8, 4) is 5.75 Å². The lowest BCUT2D eigenvalue weighted by Crippen LogP contribution is -2.47. The van der Waals surface area contributed by atoms with E-state index < -0.39 is 54.6 Å². The monoisotopic (exact) mass is 716 g/mol. The van der Waals surface area contributed by atoms with Crippen molar-refractivity contribution in [3.63, 3.8) is 0 Å². The molecule has 264 valence electrons. The van der Waals surface area contributed by atoms with Gasteiger partial charge in [0.25, 0.3) is 0 Å². The van der Waals surface area contributed by atoms with Crippen molar-refractivity contribution in [2.24, 2.45) is 5.73 Å². The molecule has 1 amide bonds. The number of carboxylic acids is 3. The summed E-state index contributed by atoms with van der Waals surface area (Å²) in [6.07, 6.45) is -7.27. The maximum atomic E-state index is 14.2. The average Bonchev–Trinajstić information content (AvgIpc) is 3.63. The Hall–Kier alpha value is -5.05. The van der Waals surface area contributed by atoms with E-state index in [2.05, 4.69) is 6.58 Å². The van der Waals surface area contributed by atoms with Gasteiger partial charge in [-0.25, -0.2) is 18.8 Å². The Labute approximate surface area is 270 Å². The molecule has 3 rings (SSSR count). The van der Waals surface area contributed by atoms with Crippen molar-refractivity contribution in [1.29, 1.82) is 5.41 Å². The number of nitrogens with one attached hydrogen (secondary N) is 1. The van der Waals surface area contributed by atoms with Crippen molar-refractivity contribution in [1.82, 2.24) is 9.80 Å². The predicted molar refractivity (Wildman–Crippen MR) is 152 cm³/mol. The highest BCUT2D eigenvalue weighted by Crippen LogP contribution is 2.27. The smallest absolute Gasteiger partial charge is 0.480 e. The van der Waals surface area contributed by atoms with Gasteiger partial charge in [-0.1, -0.05) is 6.08 Å². The molecule has 2 aromatic rings. The van der Waals surface area contributed by atoms with Gasteiger partial charge >= 0.3 is 36.2 Å². The fraction of sp³-hybridized carbons (Fsp3) is 0.333. The Morgan fingerprint density at radius 3 is 2.06 bits per heavy atom. The highest BCUT2D eigenvalue weighted by Gasteiger charge is 2.39. The van der Waals surface area contributed by atoms with Crippen molar-refractivity contribution in [2.75, 3.05) is 19.6 Å². The third-order valence-corrected chi connectivity index (χ3v) is 6.84. The Morgan fingerprint density at radius 2 is 1.60 bits per heavy atom. The lowest BCUT2D eigenvalue weighted by molar-refractivity contribution is -0.193. The van der Waals surface area contributed by atoms with Crippen LogP contribution in [0, 0.1) is 11.2 Å². The Kier molecular flexibility index (Phi) is 15.2. The first kappa shape index (κ1) is 41.0. The van der Waals surface area contributed by atoms with E-state index in [0.29, 0.717) is 19.5 Å². The van der Waals surface area contributed by atoms with E-state index in [9.17, 15) is 45.1 Å². The molecule has 0 bridgehead atoms. The van der Waals surface area contributed by atoms with Crippen LogP contribution in [-0.2, 0) is 25.7 Å². The van der Waals surface area contributed by atoms with Crippen molar-refractivity contribution in [2.45, 2.75) is 37.8 Å². The summed E-state index contributed by atoms with van der Waals surface area (Å²) in [5.41, 5.74) is 5.51. The molecule has 0 aliphatic carbocycles. The second-order valence-electron chi connectivity index (χ2n) is 9.35. The molecule has 0 saturated carbocycles. The number of amides is 1. The van der Waals surface area contributed by atoms with E-state index in [0.717, 1.165) is 17.4 Å². The van der Waals surface area contributed by atoms with Gasteiger partial charge in [0.2, 0.25) is 5.91 Å². The van der Waals surface area contributed by atoms with Crippen molar-refractivity contribution < 1.29 is 74.8 Å². The topological polar surface area (TPSA) is 212 Å². The van der Waals surface area contributed by atoms with Gasteiger partial charge in [0.1, 0.15) is 17.3 Å². The maximum Gasteiger partial charge on any atom is 0.490 e. The third kappa shape index (κ3) is 13.4. The van der Waals surface area contributed by atoms with Crippen LogP contribution in [0.4, 0.5) is 30.7 Å². The van der Waals surface area contributed by atoms with Gasteiger partial charge in [0, 0.05) is 23.5 Å². The number of nitrogens with zero attached hydrogens (tertiary/aromatic N) is 2. The van der Waals surface area contributed by atoms with E-state index in [1.165, 1.54) is 34.4 Å². The lowest BCUT2D eigenvalue weighted by Gasteiger charge is -2.28. The van der Waals surface area contributed by atoms with Crippen molar-refractivity contribution in [3.05, 3.63) is 64.1 Å². The van der Waals surface area contributed by atoms with Gasteiger partial charge in [-0.3, -0.25) is 19.9 Å². The predicted octanol–water partition coefficient (Wildman–Crippen LogP) is 3.72. The number of carbonyl (C=O) groups excluding carboxylic acids is 2. The van der Waals surface area contributed by atoms with E-state index >= 15 is 0 Å². The van der Waals surface area contributed by atoms with Crippen LogP contribution in [0.2, 0.25) is 0 Å². The van der Waals surface area contributed by atoms with E-state index in [1.54, 1.807) is 12.1 Å². The highest BCUT2D eigenvalue weighted by molar-refractivity contribution is 7.13. The summed E-state index contributed by atoms with van der Waals surface area (Å²) in [5.74, 6) is -8.96. The molecule has 0 spiro atoms. The fourth-order valence-corrected chi connectivity index (χ4v) is 4.64. The second-order valence-corrected chi connectivity index (χ2v) is 10.5. The largest absolute Gasteiger partial charge is 0.490 e. The summed E-state index contributed by atoms with van der Waals surface area (Å²) in [5, 5.41) is 30.7. The van der Waals surface area contributed by atoms with Crippen LogP contribution in [0.1, 0.15) is 33.0 Å². The number of esters is 1. The quantitative estimate of drug-likeness (QED) is 0.0597. The molecule has 13 nitrogen and oxygen atoms in total. The third-order valence-electron chi connectivity index (χ3n) is 5.79. The molecule has 1 atom stereocenters. The number of thiophene rings is 1. The van der Waals surface area contributed by atoms with E-state index in [-0.39, 0.29) is 34.5 Å². The molecule has 0 radical (unpaired) electrons. The first-order valence-corrected chi connectivity index (χ1v) is 13.8. The van der Waals surface area contributed by atoms with Crippen LogP contribution in [0.3, 0.4) is 0 Å². The Morgan fingerprint density at radius 1 is 1.04 bits per heavy atom. The second kappa shape index (κ2) is 17.8.